The molecule has 0 saturated heterocycles. The quantitative estimate of drug-likeness (QED) is 0.329. The number of rotatable bonds is 5. The average molecular weight is 541 g/mol. The summed E-state index contributed by atoms with van der Waals surface area (Å²) in [6, 6.07) is 12.6. The van der Waals surface area contributed by atoms with Crippen molar-refractivity contribution in [1.29, 1.82) is 5.26 Å². The number of pyridine rings is 2. The van der Waals surface area contributed by atoms with Crippen LogP contribution in [0.1, 0.15) is 56.0 Å². The predicted octanol–water partition coefficient (Wildman–Crippen LogP) is 6.04. The molecule has 1 aliphatic heterocycles. The number of aromatic nitrogens is 3. The molecule has 4 aromatic rings. The number of hydrogen-bond donors (Lipinski definition) is 1. The highest BCUT2D eigenvalue weighted by Crippen LogP contribution is 2.49. The van der Waals surface area contributed by atoms with Crippen LogP contribution in [0.15, 0.2) is 48.8 Å². The zero-order valence-electron chi connectivity index (χ0n) is 22.8. The van der Waals surface area contributed by atoms with Gasteiger partial charge in [0.2, 0.25) is 0 Å². The van der Waals surface area contributed by atoms with Gasteiger partial charge in [-0.15, -0.1) is 0 Å². The van der Waals surface area contributed by atoms with Gasteiger partial charge in [-0.2, -0.15) is 5.26 Å². The van der Waals surface area contributed by atoms with Crippen molar-refractivity contribution in [3.05, 3.63) is 77.0 Å². The lowest BCUT2D eigenvalue weighted by Crippen LogP contribution is -2.33. The monoisotopic (exact) mass is 540 g/mol. The van der Waals surface area contributed by atoms with E-state index in [-0.39, 0.29) is 5.82 Å². The standard InChI is InChI=1S/C30H29FN6O3/c1-29(2,3)40-28(38)36-16-20-19(25-15-33-27-13-18(31)9-12-37(25)27)5-7-23(21(20)17-36)34-26-8-6-22(24(14-32)35-26)30(39-4)10-11-30/h5-9,12-13,15H,10-11,16-17H2,1-4H3,(H,34,35). The molecule has 2 aliphatic rings. The Labute approximate surface area is 231 Å². The molecule has 1 amide bonds. The summed E-state index contributed by atoms with van der Waals surface area (Å²) in [5.41, 5.74) is 4.81. The van der Waals surface area contributed by atoms with Crippen LogP contribution >= 0.6 is 0 Å². The average Bonchev–Trinajstić information content (AvgIpc) is 3.39. The van der Waals surface area contributed by atoms with E-state index in [0.717, 1.165) is 46.5 Å². The van der Waals surface area contributed by atoms with Crippen LogP contribution in [0.2, 0.25) is 0 Å². The molecule has 40 heavy (non-hydrogen) atoms. The van der Waals surface area contributed by atoms with Gasteiger partial charge in [0.15, 0.2) is 0 Å². The van der Waals surface area contributed by atoms with E-state index < -0.39 is 17.3 Å². The van der Waals surface area contributed by atoms with Crippen LogP contribution in [0.25, 0.3) is 16.9 Å². The van der Waals surface area contributed by atoms with E-state index in [9.17, 15) is 14.4 Å². The van der Waals surface area contributed by atoms with Gasteiger partial charge in [0.05, 0.1) is 30.6 Å². The Balaban J connectivity index is 1.40. The first-order valence-corrected chi connectivity index (χ1v) is 13.1. The van der Waals surface area contributed by atoms with Crippen LogP contribution < -0.4 is 5.32 Å². The van der Waals surface area contributed by atoms with Crippen LogP contribution in [0, 0.1) is 17.1 Å². The van der Waals surface area contributed by atoms with Crippen LogP contribution in [-0.4, -0.2) is 38.1 Å². The summed E-state index contributed by atoms with van der Waals surface area (Å²) in [4.78, 5) is 23.7. The molecule has 0 bridgehead atoms. The molecule has 6 rings (SSSR count). The largest absolute Gasteiger partial charge is 0.444 e. The van der Waals surface area contributed by atoms with E-state index in [0.29, 0.717) is 30.2 Å². The van der Waals surface area contributed by atoms with E-state index >= 15 is 0 Å². The number of nitrogens with zero attached hydrogens (tertiary/aromatic N) is 5. The third-order valence-electron chi connectivity index (χ3n) is 7.38. The molecule has 1 saturated carbocycles. The first-order chi connectivity index (χ1) is 19.1. The molecule has 0 spiro atoms. The second-order valence-corrected chi connectivity index (χ2v) is 11.2. The maximum atomic E-state index is 13.8. The molecule has 0 atom stereocenters. The Morgan fingerprint density at radius 1 is 1.15 bits per heavy atom. The first kappa shape index (κ1) is 25.8. The maximum Gasteiger partial charge on any atom is 0.410 e. The van der Waals surface area contributed by atoms with E-state index in [1.54, 1.807) is 24.4 Å². The number of methoxy groups -OCH3 is 1. The van der Waals surface area contributed by atoms with Crippen molar-refractivity contribution in [2.45, 2.75) is 57.9 Å². The third kappa shape index (κ3) is 4.52. The number of amides is 1. The van der Waals surface area contributed by atoms with E-state index in [2.05, 4.69) is 21.4 Å². The van der Waals surface area contributed by atoms with Crippen molar-refractivity contribution in [3.8, 4) is 17.3 Å². The Morgan fingerprint density at radius 2 is 1.93 bits per heavy atom. The van der Waals surface area contributed by atoms with Gasteiger partial charge in [-0.1, -0.05) is 6.07 Å². The minimum absolute atomic E-state index is 0.321. The number of nitriles is 1. The third-order valence-corrected chi connectivity index (χ3v) is 7.38. The van der Waals surface area contributed by atoms with Crippen molar-refractivity contribution in [1.82, 2.24) is 19.3 Å². The Bertz CT molecular complexity index is 1700. The molecule has 204 valence electrons. The lowest BCUT2D eigenvalue weighted by atomic mass is 9.99. The highest BCUT2D eigenvalue weighted by atomic mass is 19.1. The minimum atomic E-state index is -0.637. The van der Waals surface area contributed by atoms with E-state index in [1.165, 1.54) is 12.1 Å². The smallest absolute Gasteiger partial charge is 0.410 e. The van der Waals surface area contributed by atoms with Crippen LogP contribution in [0.3, 0.4) is 0 Å². The predicted molar refractivity (Wildman–Crippen MR) is 146 cm³/mol. The Morgan fingerprint density at radius 3 is 2.62 bits per heavy atom. The van der Waals surface area contributed by atoms with Crippen LogP contribution in [0.5, 0.6) is 0 Å². The molecule has 1 aliphatic carbocycles. The zero-order chi connectivity index (χ0) is 28.2. The van der Waals surface area contributed by atoms with Crippen molar-refractivity contribution in [2.75, 3.05) is 12.4 Å². The summed E-state index contributed by atoms with van der Waals surface area (Å²) >= 11 is 0. The number of nitrogens with one attached hydrogen (secondary N) is 1. The zero-order valence-corrected chi connectivity index (χ0v) is 22.8. The number of benzene rings is 1. The summed E-state index contributed by atoms with van der Waals surface area (Å²) in [6.45, 7) is 6.15. The topological polar surface area (TPSA) is 105 Å². The molecule has 1 fully saturated rings. The molecule has 0 radical (unpaired) electrons. The first-order valence-electron chi connectivity index (χ1n) is 13.1. The van der Waals surface area contributed by atoms with Crippen molar-refractivity contribution >= 4 is 23.2 Å². The molecule has 10 heteroatoms. The number of carbonyl (C=O) groups excluding carboxylic acids is 1. The van der Waals surface area contributed by atoms with Gasteiger partial charge < -0.3 is 14.8 Å². The van der Waals surface area contributed by atoms with Crippen molar-refractivity contribution in [2.24, 2.45) is 0 Å². The number of ether oxygens (including phenoxy) is 2. The Kier molecular flexibility index (Phi) is 6.00. The van der Waals surface area contributed by atoms with Gasteiger partial charge in [-0.05, 0) is 63.4 Å². The SMILES string of the molecule is COC1(c2ccc(Nc3ccc(-c4cnc5cc(F)ccn45)c4c3CN(C(=O)OC(C)(C)C)C4)nc2C#N)CC1. The highest BCUT2D eigenvalue weighted by molar-refractivity contribution is 5.79. The van der Waals surface area contributed by atoms with Gasteiger partial charge in [-0.3, -0.25) is 9.30 Å². The van der Waals surface area contributed by atoms with Crippen LogP contribution in [0.4, 0.5) is 20.7 Å². The fraction of sp³-hybridized carbons (Fsp3) is 0.333. The minimum Gasteiger partial charge on any atom is -0.444 e. The van der Waals surface area contributed by atoms with Gasteiger partial charge in [0.25, 0.3) is 0 Å². The molecular weight excluding hydrogens is 511 g/mol. The van der Waals surface area contributed by atoms with Gasteiger partial charge in [-0.25, -0.2) is 19.2 Å². The van der Waals surface area contributed by atoms with E-state index in [4.69, 9.17) is 9.47 Å². The summed E-state index contributed by atoms with van der Waals surface area (Å²) in [5.74, 6) is 0.155. The van der Waals surface area contributed by atoms with E-state index in [1.807, 2.05) is 49.4 Å². The van der Waals surface area contributed by atoms with Gasteiger partial charge in [0.1, 0.15) is 34.6 Å². The maximum absolute atomic E-state index is 13.8. The summed E-state index contributed by atoms with van der Waals surface area (Å²) in [6.07, 6.45) is 4.66. The molecule has 1 aromatic carbocycles. The summed E-state index contributed by atoms with van der Waals surface area (Å²) in [7, 11) is 1.65. The summed E-state index contributed by atoms with van der Waals surface area (Å²) < 4.78 is 27.0. The number of hydrogen-bond acceptors (Lipinski definition) is 7. The fourth-order valence-corrected chi connectivity index (χ4v) is 5.28. The fourth-order valence-electron chi connectivity index (χ4n) is 5.28. The Hall–Kier alpha value is -4.49. The normalized spacial score (nSPS) is 15.6. The van der Waals surface area contributed by atoms with Crippen LogP contribution in [-0.2, 0) is 28.2 Å². The lowest BCUT2D eigenvalue weighted by molar-refractivity contribution is 0.0242. The molecule has 4 heterocycles. The number of imidazole rings is 1. The second kappa shape index (κ2) is 9.31. The van der Waals surface area contributed by atoms with Crippen molar-refractivity contribution < 1.29 is 18.7 Å². The molecule has 1 N–H and O–H groups in total. The van der Waals surface area contributed by atoms with Gasteiger partial charge in [0, 0.05) is 41.8 Å². The number of carbonyl (C=O) groups is 1. The lowest BCUT2D eigenvalue weighted by Gasteiger charge is -2.24. The molecular formula is C30H29FN6O3. The van der Waals surface area contributed by atoms with Gasteiger partial charge >= 0.3 is 6.09 Å². The second-order valence-electron chi connectivity index (χ2n) is 11.2. The summed E-state index contributed by atoms with van der Waals surface area (Å²) in [5, 5.41) is 13.2. The molecule has 3 aromatic heterocycles. The number of fused-ring (bicyclic) bond motifs is 2. The van der Waals surface area contributed by atoms with Crippen molar-refractivity contribution in [3.63, 3.8) is 0 Å². The molecule has 0 unspecified atom stereocenters. The molecule has 9 nitrogen and oxygen atoms in total. The number of anilines is 2. The highest BCUT2D eigenvalue weighted by Gasteiger charge is 2.46. The number of halogens is 1.